The third-order valence-electron chi connectivity index (χ3n) is 6.22. The van der Waals surface area contributed by atoms with E-state index in [1.54, 1.807) is 0 Å². The molecule has 0 N–H and O–H groups in total. The van der Waals surface area contributed by atoms with Gasteiger partial charge < -0.3 is 4.74 Å². The van der Waals surface area contributed by atoms with Crippen molar-refractivity contribution < 1.29 is 4.74 Å². The number of likely N-dealkylation sites (N-methyl/N-ethyl adjacent to an activating group) is 1. The number of rotatable bonds is 6. The molecule has 1 atom stereocenters. The second-order valence-electron chi connectivity index (χ2n) is 8.10. The first kappa shape index (κ1) is 20.1. The molecule has 1 aliphatic heterocycles. The predicted molar refractivity (Wildman–Crippen MR) is 115 cm³/mol. The fourth-order valence-corrected chi connectivity index (χ4v) is 4.67. The smallest absolute Gasteiger partial charge is 0.109 e. The van der Waals surface area contributed by atoms with Crippen molar-refractivity contribution in [3.8, 4) is 0 Å². The second-order valence-corrected chi connectivity index (χ2v) is 8.10. The van der Waals surface area contributed by atoms with E-state index in [1.807, 2.05) is 0 Å². The first-order valence-electron chi connectivity index (χ1n) is 10.5. The summed E-state index contributed by atoms with van der Waals surface area (Å²) in [6.07, 6.45) is 3.90. The largest absolute Gasteiger partial charge is 0.367 e. The molecule has 1 saturated heterocycles. The Bertz CT molecular complexity index is 675. The Morgan fingerprint density at radius 3 is 1.89 bits per heavy atom. The lowest BCUT2D eigenvalue weighted by Crippen LogP contribution is -2.42. The number of piperidine rings is 1. The van der Waals surface area contributed by atoms with Crippen LogP contribution in [-0.4, -0.2) is 30.6 Å². The molecule has 2 aromatic rings. The van der Waals surface area contributed by atoms with Crippen LogP contribution in [0.2, 0.25) is 0 Å². The van der Waals surface area contributed by atoms with Crippen molar-refractivity contribution >= 4 is 0 Å². The summed E-state index contributed by atoms with van der Waals surface area (Å²) in [7, 11) is 0. The number of aryl methyl sites for hydroxylation is 4. The van der Waals surface area contributed by atoms with Gasteiger partial charge in [-0.15, -0.1) is 0 Å². The van der Waals surface area contributed by atoms with Crippen LogP contribution in [0, 0.1) is 27.7 Å². The maximum Gasteiger partial charge on any atom is 0.109 e. The monoisotopic (exact) mass is 365 g/mol. The number of hydrogen-bond acceptors (Lipinski definition) is 2. The van der Waals surface area contributed by atoms with Crippen LogP contribution in [0.4, 0.5) is 0 Å². The van der Waals surface area contributed by atoms with E-state index in [1.165, 1.54) is 59.2 Å². The van der Waals surface area contributed by atoms with Gasteiger partial charge in [-0.05, 0) is 87.0 Å². The Hall–Kier alpha value is -1.64. The van der Waals surface area contributed by atoms with Crippen molar-refractivity contribution in [1.82, 2.24) is 4.90 Å². The molecule has 2 heteroatoms. The summed E-state index contributed by atoms with van der Waals surface area (Å²) >= 11 is 0. The highest BCUT2D eigenvalue weighted by Gasteiger charge is 2.26. The lowest BCUT2D eigenvalue weighted by molar-refractivity contribution is 0.0123. The fourth-order valence-electron chi connectivity index (χ4n) is 4.67. The van der Waals surface area contributed by atoms with Gasteiger partial charge in [-0.25, -0.2) is 0 Å². The molecule has 27 heavy (non-hydrogen) atoms. The van der Waals surface area contributed by atoms with E-state index < -0.39 is 0 Å². The highest BCUT2D eigenvalue weighted by molar-refractivity contribution is 5.46. The van der Waals surface area contributed by atoms with E-state index in [0.29, 0.717) is 6.04 Å². The minimum absolute atomic E-state index is 0.00744. The summed E-state index contributed by atoms with van der Waals surface area (Å²) in [5.41, 5.74) is 7.96. The van der Waals surface area contributed by atoms with Gasteiger partial charge in [0.2, 0.25) is 0 Å². The maximum atomic E-state index is 6.77. The summed E-state index contributed by atoms with van der Waals surface area (Å²) in [6.45, 7) is 14.3. The van der Waals surface area contributed by atoms with Crippen LogP contribution >= 0.6 is 0 Å². The van der Waals surface area contributed by atoms with Crippen LogP contribution in [0.5, 0.6) is 0 Å². The zero-order valence-electron chi connectivity index (χ0n) is 17.7. The molecule has 1 unspecified atom stereocenters. The molecule has 2 nitrogen and oxygen atoms in total. The average Bonchev–Trinajstić information content (AvgIpc) is 2.65. The van der Waals surface area contributed by atoms with Gasteiger partial charge in [0.15, 0.2) is 0 Å². The van der Waals surface area contributed by atoms with Gasteiger partial charge in [-0.2, -0.15) is 0 Å². The van der Waals surface area contributed by atoms with Crippen LogP contribution in [0.15, 0.2) is 36.4 Å². The summed E-state index contributed by atoms with van der Waals surface area (Å²) in [6, 6.07) is 13.7. The minimum atomic E-state index is 0.00744. The van der Waals surface area contributed by atoms with Gasteiger partial charge >= 0.3 is 0 Å². The molecule has 0 radical (unpaired) electrons. The SMILES string of the molecule is CCN1CCCCC1COC(c1c(C)cccc1C)c1c(C)cccc1C. The van der Waals surface area contributed by atoms with Gasteiger partial charge in [-0.3, -0.25) is 4.90 Å². The van der Waals surface area contributed by atoms with Crippen molar-refractivity contribution in [3.63, 3.8) is 0 Å². The molecule has 1 aliphatic rings. The predicted octanol–water partition coefficient (Wildman–Crippen LogP) is 5.90. The first-order chi connectivity index (χ1) is 13.0. The Balaban J connectivity index is 1.96. The first-order valence-corrected chi connectivity index (χ1v) is 10.5. The van der Waals surface area contributed by atoms with Crippen LogP contribution < -0.4 is 0 Å². The number of nitrogens with zero attached hydrogens (tertiary/aromatic N) is 1. The third-order valence-corrected chi connectivity index (χ3v) is 6.22. The summed E-state index contributed by atoms with van der Waals surface area (Å²) in [5.74, 6) is 0. The van der Waals surface area contributed by atoms with E-state index in [2.05, 4.69) is 75.9 Å². The van der Waals surface area contributed by atoms with Crippen molar-refractivity contribution in [3.05, 3.63) is 69.8 Å². The van der Waals surface area contributed by atoms with E-state index in [4.69, 9.17) is 4.74 Å². The number of likely N-dealkylation sites (tertiary alicyclic amines) is 1. The molecule has 0 bridgehead atoms. The van der Waals surface area contributed by atoms with Crippen LogP contribution in [0.25, 0.3) is 0 Å². The van der Waals surface area contributed by atoms with E-state index in [0.717, 1.165) is 13.2 Å². The fraction of sp³-hybridized carbons (Fsp3) is 0.520. The number of ether oxygens (including phenoxy) is 1. The van der Waals surface area contributed by atoms with Crippen LogP contribution in [0.3, 0.4) is 0 Å². The molecule has 0 aliphatic carbocycles. The molecular formula is C25H35NO. The molecule has 2 aromatic carbocycles. The normalized spacial score (nSPS) is 18.2. The van der Waals surface area contributed by atoms with E-state index in [9.17, 15) is 0 Å². The van der Waals surface area contributed by atoms with Crippen LogP contribution in [-0.2, 0) is 4.74 Å². The summed E-state index contributed by atoms with van der Waals surface area (Å²) in [4.78, 5) is 2.59. The Kier molecular flexibility index (Phi) is 6.73. The molecule has 1 heterocycles. The molecule has 0 aromatic heterocycles. The lowest BCUT2D eigenvalue weighted by atomic mass is 9.88. The molecule has 0 amide bonds. The van der Waals surface area contributed by atoms with E-state index in [-0.39, 0.29) is 6.10 Å². The Morgan fingerprint density at radius 2 is 1.41 bits per heavy atom. The molecule has 0 saturated carbocycles. The third kappa shape index (κ3) is 4.44. The van der Waals surface area contributed by atoms with Crippen molar-refractivity contribution in [2.45, 2.75) is 66.0 Å². The van der Waals surface area contributed by atoms with E-state index >= 15 is 0 Å². The highest BCUT2D eigenvalue weighted by Crippen LogP contribution is 2.35. The molecule has 146 valence electrons. The van der Waals surface area contributed by atoms with Gasteiger partial charge in [-0.1, -0.05) is 49.7 Å². The topological polar surface area (TPSA) is 12.5 Å². The van der Waals surface area contributed by atoms with Gasteiger partial charge in [0.05, 0.1) is 6.61 Å². The number of benzene rings is 2. The summed E-state index contributed by atoms with van der Waals surface area (Å²) < 4.78 is 6.77. The molecule has 0 spiro atoms. The summed E-state index contributed by atoms with van der Waals surface area (Å²) in [5, 5.41) is 0. The highest BCUT2D eigenvalue weighted by atomic mass is 16.5. The molecule has 1 fully saturated rings. The molecular weight excluding hydrogens is 330 g/mol. The quantitative estimate of drug-likeness (QED) is 0.632. The van der Waals surface area contributed by atoms with Crippen molar-refractivity contribution in [1.29, 1.82) is 0 Å². The van der Waals surface area contributed by atoms with Gasteiger partial charge in [0.1, 0.15) is 6.10 Å². The van der Waals surface area contributed by atoms with Crippen molar-refractivity contribution in [2.24, 2.45) is 0 Å². The maximum absolute atomic E-state index is 6.77. The lowest BCUT2D eigenvalue weighted by Gasteiger charge is -2.36. The van der Waals surface area contributed by atoms with Crippen molar-refractivity contribution in [2.75, 3.05) is 19.7 Å². The zero-order chi connectivity index (χ0) is 19.4. The zero-order valence-corrected chi connectivity index (χ0v) is 17.7. The van der Waals surface area contributed by atoms with Gasteiger partial charge in [0.25, 0.3) is 0 Å². The Labute approximate surface area is 165 Å². The molecule has 3 rings (SSSR count). The van der Waals surface area contributed by atoms with Crippen LogP contribution in [0.1, 0.15) is 65.7 Å². The second kappa shape index (κ2) is 9.03. The standard InChI is InChI=1S/C25H35NO/c1-6-26-16-8-7-15-22(26)17-27-25(23-18(2)11-9-12-19(23)3)24-20(4)13-10-14-21(24)5/h9-14,22,25H,6-8,15-17H2,1-5H3. The van der Waals surface area contributed by atoms with Gasteiger partial charge in [0, 0.05) is 6.04 Å². The average molecular weight is 366 g/mol. The number of hydrogen-bond donors (Lipinski definition) is 0. The Morgan fingerprint density at radius 1 is 0.889 bits per heavy atom. The minimum Gasteiger partial charge on any atom is -0.367 e.